The fraction of sp³-hybridized carbons (Fsp3) is 1.00. The van der Waals surface area contributed by atoms with Gasteiger partial charge in [0, 0.05) is 0 Å². The molecule has 0 aliphatic carbocycles. The summed E-state index contributed by atoms with van der Waals surface area (Å²) in [4.78, 5) is 9.22. The van der Waals surface area contributed by atoms with E-state index in [4.69, 9.17) is 9.05 Å². The first-order chi connectivity index (χ1) is 5.12. The van der Waals surface area contributed by atoms with Gasteiger partial charge in [-0.05, 0) is 25.2 Å². The second-order valence-corrected chi connectivity index (χ2v) is 4.91. The molecule has 68 valence electrons. The summed E-state index contributed by atoms with van der Waals surface area (Å²) in [5.74, 6) is 0. The minimum atomic E-state index is -2.89. The molecule has 0 aromatic heterocycles. The molecule has 0 radical (unpaired) electrons. The third-order valence-corrected chi connectivity index (χ3v) is 2.77. The maximum Gasteiger partial charge on any atom is 0.324 e. The van der Waals surface area contributed by atoms with Crippen molar-refractivity contribution in [2.75, 3.05) is 13.2 Å². The van der Waals surface area contributed by atoms with Gasteiger partial charge >= 0.3 is 6.72 Å². The van der Waals surface area contributed by atoms with E-state index in [9.17, 15) is 4.89 Å². The lowest BCUT2D eigenvalue weighted by Gasteiger charge is -2.13. The Hall–Kier alpha value is 0.530. The van der Waals surface area contributed by atoms with Gasteiger partial charge in [-0.3, -0.25) is 0 Å². The zero-order valence-corrected chi connectivity index (χ0v) is 8.66. The molecule has 1 N–H and O–H groups in total. The van der Waals surface area contributed by atoms with Crippen LogP contribution in [0.2, 0.25) is 0 Å². The van der Waals surface area contributed by atoms with Crippen LogP contribution in [0.25, 0.3) is 0 Å². The smallest absolute Gasteiger partial charge is 0.324 e. The van der Waals surface area contributed by atoms with Crippen LogP contribution < -0.4 is 0 Å². The van der Waals surface area contributed by atoms with Crippen LogP contribution in [0.1, 0.15) is 26.7 Å². The van der Waals surface area contributed by atoms with Crippen molar-refractivity contribution < 1.29 is 13.9 Å². The molecule has 0 aromatic carbocycles. The van der Waals surface area contributed by atoms with E-state index in [1.165, 1.54) is 0 Å². The second kappa shape index (κ2) is 6.09. The second-order valence-electron chi connectivity index (χ2n) is 2.07. The van der Waals surface area contributed by atoms with Gasteiger partial charge in [0.2, 0.25) is 0 Å². The molecule has 0 aliphatic heterocycles. The molecule has 0 bridgehead atoms. The van der Waals surface area contributed by atoms with Crippen molar-refractivity contribution in [2.24, 2.45) is 0 Å². The standard InChI is InChI=1S/C6H15O3PS/c1-3-5-6-9-10(7,11)8-4-2/h3-6H2,1-2H3,(H,7,11). The molecule has 0 rings (SSSR count). The largest absolute Gasteiger partial charge is 0.324 e. The van der Waals surface area contributed by atoms with Crippen LogP contribution in [0.3, 0.4) is 0 Å². The molecule has 0 fully saturated rings. The lowest BCUT2D eigenvalue weighted by atomic mass is 10.4. The van der Waals surface area contributed by atoms with E-state index in [0.29, 0.717) is 13.2 Å². The summed E-state index contributed by atoms with van der Waals surface area (Å²) in [6.07, 6.45) is 1.94. The fourth-order valence-corrected chi connectivity index (χ4v) is 1.83. The monoisotopic (exact) mass is 198 g/mol. The normalized spacial score (nSPS) is 16.3. The van der Waals surface area contributed by atoms with Crippen molar-refractivity contribution in [1.29, 1.82) is 0 Å². The summed E-state index contributed by atoms with van der Waals surface area (Å²) >= 11 is 4.68. The minimum Gasteiger partial charge on any atom is -0.324 e. The number of hydrogen-bond donors (Lipinski definition) is 1. The van der Waals surface area contributed by atoms with Crippen molar-refractivity contribution in [2.45, 2.75) is 26.7 Å². The van der Waals surface area contributed by atoms with Gasteiger partial charge in [-0.15, -0.1) is 0 Å². The van der Waals surface area contributed by atoms with Crippen LogP contribution in [0.4, 0.5) is 0 Å². The molecule has 1 unspecified atom stereocenters. The Kier molecular flexibility index (Phi) is 6.38. The molecule has 1 atom stereocenters. The van der Waals surface area contributed by atoms with E-state index in [-0.39, 0.29) is 0 Å². The Balaban J connectivity index is 3.47. The predicted octanol–water partition coefficient (Wildman–Crippen LogP) is 2.06. The minimum absolute atomic E-state index is 0.403. The zero-order valence-electron chi connectivity index (χ0n) is 6.95. The fourth-order valence-electron chi connectivity index (χ4n) is 0.525. The zero-order chi connectivity index (χ0) is 8.74. The molecule has 11 heavy (non-hydrogen) atoms. The van der Waals surface area contributed by atoms with Crippen LogP contribution in [-0.2, 0) is 20.9 Å². The van der Waals surface area contributed by atoms with Crippen LogP contribution in [0.15, 0.2) is 0 Å². The third kappa shape index (κ3) is 6.91. The summed E-state index contributed by atoms with van der Waals surface area (Å²) in [7, 11) is 0. The van der Waals surface area contributed by atoms with Gasteiger partial charge in [0.1, 0.15) is 0 Å². The third-order valence-electron chi connectivity index (χ3n) is 1.04. The van der Waals surface area contributed by atoms with Gasteiger partial charge in [-0.25, -0.2) is 0 Å². The van der Waals surface area contributed by atoms with Crippen LogP contribution in [-0.4, -0.2) is 18.1 Å². The molecule has 0 saturated carbocycles. The maximum absolute atomic E-state index is 9.22. The van der Waals surface area contributed by atoms with Gasteiger partial charge in [-0.1, -0.05) is 13.3 Å². The molecular formula is C6H15O3PS. The van der Waals surface area contributed by atoms with Gasteiger partial charge < -0.3 is 13.9 Å². The van der Waals surface area contributed by atoms with E-state index in [0.717, 1.165) is 12.8 Å². The van der Waals surface area contributed by atoms with Crippen LogP contribution in [0.5, 0.6) is 0 Å². The number of rotatable bonds is 6. The highest BCUT2D eigenvalue weighted by Gasteiger charge is 2.12. The highest BCUT2D eigenvalue weighted by atomic mass is 32.5. The summed E-state index contributed by atoms with van der Waals surface area (Å²) in [5, 5.41) is 0. The Morgan fingerprint density at radius 2 is 2.00 bits per heavy atom. The topological polar surface area (TPSA) is 38.7 Å². The van der Waals surface area contributed by atoms with Gasteiger partial charge in [0.05, 0.1) is 13.2 Å². The van der Waals surface area contributed by atoms with Gasteiger partial charge in [0.15, 0.2) is 0 Å². The average molecular weight is 198 g/mol. The maximum atomic E-state index is 9.22. The molecule has 0 amide bonds. The molecular weight excluding hydrogens is 183 g/mol. The Morgan fingerprint density at radius 3 is 2.45 bits per heavy atom. The SMILES string of the molecule is CCCCOP(O)(=S)OCC. The van der Waals surface area contributed by atoms with Crippen molar-refractivity contribution in [1.82, 2.24) is 0 Å². The number of hydrogen-bond acceptors (Lipinski definition) is 3. The van der Waals surface area contributed by atoms with E-state index in [1.807, 2.05) is 6.92 Å². The number of unbranched alkanes of at least 4 members (excludes halogenated alkanes) is 1. The Labute approximate surface area is 73.0 Å². The van der Waals surface area contributed by atoms with E-state index < -0.39 is 6.72 Å². The van der Waals surface area contributed by atoms with Crippen molar-refractivity contribution in [3.05, 3.63) is 0 Å². The van der Waals surface area contributed by atoms with Gasteiger partial charge in [0.25, 0.3) is 0 Å². The lowest BCUT2D eigenvalue weighted by molar-refractivity contribution is 0.202. The molecule has 0 heterocycles. The average Bonchev–Trinajstić information content (AvgIpc) is 1.87. The van der Waals surface area contributed by atoms with E-state index in [1.54, 1.807) is 6.92 Å². The Bertz CT molecular complexity index is 140. The van der Waals surface area contributed by atoms with Gasteiger partial charge in [-0.2, -0.15) is 0 Å². The van der Waals surface area contributed by atoms with Crippen LogP contribution in [0, 0.1) is 0 Å². The van der Waals surface area contributed by atoms with Crippen molar-refractivity contribution in [3.8, 4) is 0 Å². The summed E-state index contributed by atoms with van der Waals surface area (Å²) < 4.78 is 9.80. The molecule has 0 spiro atoms. The molecule has 0 saturated heterocycles. The first kappa shape index (κ1) is 11.5. The van der Waals surface area contributed by atoms with Crippen LogP contribution >= 0.6 is 6.72 Å². The highest BCUT2D eigenvalue weighted by Crippen LogP contribution is 2.43. The van der Waals surface area contributed by atoms with Crippen molar-refractivity contribution >= 4 is 18.5 Å². The molecule has 0 aliphatic rings. The summed E-state index contributed by atoms with van der Waals surface area (Å²) in [6.45, 7) is 1.83. The summed E-state index contributed by atoms with van der Waals surface area (Å²) in [5.41, 5.74) is 0. The molecule has 0 aromatic rings. The van der Waals surface area contributed by atoms with E-state index >= 15 is 0 Å². The van der Waals surface area contributed by atoms with E-state index in [2.05, 4.69) is 11.8 Å². The highest BCUT2D eigenvalue weighted by molar-refractivity contribution is 8.07. The Morgan fingerprint density at radius 1 is 1.36 bits per heavy atom. The molecule has 5 heteroatoms. The molecule has 3 nitrogen and oxygen atoms in total. The quantitative estimate of drug-likeness (QED) is 0.523. The summed E-state index contributed by atoms with van der Waals surface area (Å²) in [6, 6.07) is 0. The first-order valence-electron chi connectivity index (χ1n) is 3.74. The predicted molar refractivity (Wildman–Crippen MR) is 49.0 cm³/mol. The lowest BCUT2D eigenvalue weighted by Crippen LogP contribution is -1.95. The van der Waals surface area contributed by atoms with Crippen molar-refractivity contribution in [3.63, 3.8) is 0 Å². The first-order valence-corrected chi connectivity index (χ1v) is 6.33.